The van der Waals surface area contributed by atoms with E-state index in [4.69, 9.17) is 20.8 Å². The van der Waals surface area contributed by atoms with Crippen LogP contribution in [-0.4, -0.2) is 23.1 Å². The molecular weight excluding hydrogens is 429 g/mol. The van der Waals surface area contributed by atoms with Crippen LogP contribution < -0.4 is 11.1 Å². The fourth-order valence-electron chi connectivity index (χ4n) is 2.66. The highest BCUT2D eigenvalue weighted by Crippen LogP contribution is 2.36. The molecule has 0 aliphatic heterocycles. The molecule has 0 unspecified atom stereocenters. The second-order valence-corrected chi connectivity index (χ2v) is 6.55. The number of ether oxygens (including phenoxy) is 1. The fourth-order valence-corrected chi connectivity index (χ4v) is 2.89. The number of amides is 1. The fraction of sp³-hybridized carbons (Fsp3) is 0.211. The number of nitrogens with zero attached hydrogens (tertiary/aromatic N) is 1. The van der Waals surface area contributed by atoms with Gasteiger partial charge in [-0.1, -0.05) is 23.7 Å². The number of hydrogen-bond donors (Lipinski definition) is 1. The van der Waals surface area contributed by atoms with Gasteiger partial charge in [-0.3, -0.25) is 14.2 Å². The van der Waals surface area contributed by atoms with Gasteiger partial charge in [0, 0.05) is 12.2 Å². The second-order valence-electron chi connectivity index (χ2n) is 6.14. The first-order valence-corrected chi connectivity index (χ1v) is 8.93. The molecule has 11 heteroatoms. The van der Waals surface area contributed by atoms with E-state index in [1.54, 1.807) is 24.3 Å². The van der Waals surface area contributed by atoms with Crippen molar-refractivity contribution in [3.8, 4) is 0 Å². The van der Waals surface area contributed by atoms with Crippen LogP contribution in [0.3, 0.4) is 0 Å². The van der Waals surface area contributed by atoms with E-state index >= 15 is 0 Å². The van der Waals surface area contributed by atoms with Crippen LogP contribution in [0, 0.1) is 0 Å². The molecule has 0 aliphatic carbocycles. The largest absolute Gasteiger partial charge is 0.456 e. The van der Waals surface area contributed by atoms with Crippen LogP contribution in [0.15, 0.2) is 51.7 Å². The lowest BCUT2D eigenvalue weighted by Crippen LogP contribution is -2.23. The van der Waals surface area contributed by atoms with Gasteiger partial charge in [0.2, 0.25) is 0 Å². The molecule has 1 amide bonds. The van der Waals surface area contributed by atoms with E-state index in [1.165, 1.54) is 10.6 Å². The van der Waals surface area contributed by atoms with Gasteiger partial charge in [0.1, 0.15) is 0 Å². The Hall–Kier alpha value is -3.27. The Morgan fingerprint density at radius 1 is 1.17 bits per heavy atom. The topological polar surface area (TPSA) is 90.5 Å². The van der Waals surface area contributed by atoms with Gasteiger partial charge >= 0.3 is 17.9 Å². The summed E-state index contributed by atoms with van der Waals surface area (Å²) in [5.41, 5.74) is -0.367. The van der Waals surface area contributed by atoms with Crippen LogP contribution in [0.1, 0.15) is 12.0 Å². The molecule has 158 valence electrons. The number of nitrogens with one attached hydrogen (secondary N) is 1. The van der Waals surface area contributed by atoms with Crippen molar-refractivity contribution in [2.24, 2.45) is 0 Å². The highest BCUT2D eigenvalue weighted by atomic mass is 35.5. The lowest BCUT2D eigenvalue weighted by atomic mass is 10.2. The maximum atomic E-state index is 12.8. The molecule has 7 nitrogen and oxygen atoms in total. The lowest BCUT2D eigenvalue weighted by Gasteiger charge is -2.12. The van der Waals surface area contributed by atoms with Crippen LogP contribution >= 0.6 is 11.6 Å². The standard InChI is InChI=1S/C19H14ClF3N2O5/c20-13-6-5-11(9-12(13)19(21,22)23)24-16(26)10-29-17(27)7-8-25-14-3-1-2-4-15(14)30-18(25)28/h1-6,9H,7-8,10H2,(H,24,26). The molecule has 30 heavy (non-hydrogen) atoms. The maximum absolute atomic E-state index is 12.8. The van der Waals surface area contributed by atoms with Crippen LogP contribution in [0.4, 0.5) is 18.9 Å². The van der Waals surface area contributed by atoms with Crippen LogP contribution in [0.2, 0.25) is 5.02 Å². The monoisotopic (exact) mass is 442 g/mol. The summed E-state index contributed by atoms with van der Waals surface area (Å²) in [5.74, 6) is -2.23. The molecule has 0 radical (unpaired) electrons. The molecule has 1 N–H and O–H groups in total. The molecule has 0 aliphatic rings. The molecule has 0 saturated heterocycles. The number of carbonyl (C=O) groups excluding carboxylic acids is 2. The van der Waals surface area contributed by atoms with Crippen molar-refractivity contribution in [1.82, 2.24) is 4.57 Å². The van der Waals surface area contributed by atoms with Gasteiger partial charge < -0.3 is 14.5 Å². The predicted molar refractivity (Wildman–Crippen MR) is 101 cm³/mol. The summed E-state index contributed by atoms with van der Waals surface area (Å²) in [4.78, 5) is 35.5. The number of alkyl halides is 3. The number of benzene rings is 2. The van der Waals surface area contributed by atoms with E-state index in [0.29, 0.717) is 17.2 Å². The number of rotatable bonds is 6. The molecule has 0 saturated carbocycles. The minimum absolute atomic E-state index is 0.0254. The van der Waals surface area contributed by atoms with E-state index in [9.17, 15) is 27.6 Å². The Morgan fingerprint density at radius 2 is 1.90 bits per heavy atom. The van der Waals surface area contributed by atoms with E-state index in [0.717, 1.165) is 6.07 Å². The van der Waals surface area contributed by atoms with Crippen LogP contribution in [-0.2, 0) is 27.0 Å². The third-order valence-electron chi connectivity index (χ3n) is 4.03. The average Bonchev–Trinajstić information content (AvgIpc) is 3.00. The smallest absolute Gasteiger partial charge is 0.419 e. The Balaban J connectivity index is 1.53. The third kappa shape index (κ3) is 5.01. The zero-order valence-electron chi connectivity index (χ0n) is 15.2. The number of oxazole rings is 1. The predicted octanol–water partition coefficient (Wildman–Crippen LogP) is 3.84. The summed E-state index contributed by atoms with van der Waals surface area (Å²) >= 11 is 5.51. The Morgan fingerprint density at radius 3 is 2.63 bits per heavy atom. The van der Waals surface area contributed by atoms with Crippen molar-refractivity contribution >= 4 is 40.3 Å². The summed E-state index contributed by atoms with van der Waals surface area (Å²) in [6.45, 7) is -0.730. The Kier molecular flexibility index (Phi) is 6.16. The first-order chi connectivity index (χ1) is 14.1. The van der Waals surface area contributed by atoms with E-state index in [2.05, 4.69) is 5.32 Å². The molecule has 3 rings (SSSR count). The van der Waals surface area contributed by atoms with Crippen LogP contribution in [0.5, 0.6) is 0 Å². The number of aromatic nitrogens is 1. The quantitative estimate of drug-likeness (QED) is 0.586. The first kappa shape index (κ1) is 21.4. The molecule has 1 heterocycles. The van der Waals surface area contributed by atoms with Gasteiger partial charge in [0.15, 0.2) is 12.2 Å². The number of carbonyl (C=O) groups is 2. The van der Waals surface area contributed by atoms with Gasteiger partial charge in [-0.25, -0.2) is 4.79 Å². The molecular formula is C19H14ClF3N2O5. The number of fused-ring (bicyclic) bond motifs is 1. The maximum Gasteiger partial charge on any atom is 0.419 e. The summed E-state index contributed by atoms with van der Waals surface area (Å²) in [6.07, 6.45) is -4.89. The van der Waals surface area contributed by atoms with Gasteiger partial charge in [0.05, 0.1) is 22.5 Å². The zero-order valence-corrected chi connectivity index (χ0v) is 15.9. The lowest BCUT2D eigenvalue weighted by molar-refractivity contribution is -0.147. The van der Waals surface area contributed by atoms with Crippen molar-refractivity contribution < 1.29 is 31.9 Å². The molecule has 0 spiro atoms. The van der Waals surface area contributed by atoms with Gasteiger partial charge in [-0.2, -0.15) is 13.2 Å². The summed E-state index contributed by atoms with van der Waals surface area (Å²) < 4.78 is 49.6. The van der Waals surface area contributed by atoms with Crippen molar-refractivity contribution in [2.75, 3.05) is 11.9 Å². The molecule has 0 fully saturated rings. The second kappa shape index (κ2) is 8.62. The first-order valence-electron chi connectivity index (χ1n) is 8.56. The molecule has 2 aromatic carbocycles. The molecule has 3 aromatic rings. The minimum Gasteiger partial charge on any atom is -0.456 e. The van der Waals surface area contributed by atoms with Gasteiger partial charge in [-0.15, -0.1) is 0 Å². The number of anilines is 1. The average molecular weight is 443 g/mol. The third-order valence-corrected chi connectivity index (χ3v) is 4.36. The van der Waals surface area contributed by atoms with Gasteiger partial charge in [0.25, 0.3) is 5.91 Å². The zero-order chi connectivity index (χ0) is 21.9. The number of esters is 1. The molecule has 0 bridgehead atoms. The summed E-state index contributed by atoms with van der Waals surface area (Å²) in [6, 6.07) is 9.53. The minimum atomic E-state index is -4.68. The summed E-state index contributed by atoms with van der Waals surface area (Å²) in [7, 11) is 0. The number of para-hydroxylation sites is 2. The molecule has 0 atom stereocenters. The van der Waals surface area contributed by atoms with Gasteiger partial charge in [-0.05, 0) is 30.3 Å². The Bertz CT molecular complexity index is 1150. The van der Waals surface area contributed by atoms with E-state index in [-0.39, 0.29) is 18.7 Å². The van der Waals surface area contributed by atoms with Crippen molar-refractivity contribution in [3.63, 3.8) is 0 Å². The highest BCUT2D eigenvalue weighted by molar-refractivity contribution is 6.31. The SMILES string of the molecule is O=C(COC(=O)CCn1c(=O)oc2ccccc21)Nc1ccc(Cl)c(C(F)(F)F)c1. The van der Waals surface area contributed by atoms with Crippen molar-refractivity contribution in [2.45, 2.75) is 19.1 Å². The van der Waals surface area contributed by atoms with Crippen molar-refractivity contribution in [1.29, 1.82) is 0 Å². The van der Waals surface area contributed by atoms with Crippen molar-refractivity contribution in [3.05, 3.63) is 63.6 Å². The van der Waals surface area contributed by atoms with E-state index in [1.807, 2.05) is 0 Å². The molecule has 1 aromatic heterocycles. The van der Waals surface area contributed by atoms with Crippen LogP contribution in [0.25, 0.3) is 11.1 Å². The number of aryl methyl sites for hydroxylation is 1. The van der Waals surface area contributed by atoms with E-state index < -0.39 is 41.0 Å². The normalized spacial score (nSPS) is 11.5. The Labute approximate surface area is 172 Å². The highest BCUT2D eigenvalue weighted by Gasteiger charge is 2.33. The summed E-state index contributed by atoms with van der Waals surface area (Å²) in [5, 5.41) is 1.69. The number of halogens is 4. The number of hydrogen-bond acceptors (Lipinski definition) is 5.